The largest absolute Gasteiger partial charge is 0.480 e. The SMILES string of the molecule is CC(C)(OC(=O)CCC(NC=O)C(=O)O)c1ccccc1. The smallest absolute Gasteiger partial charge is 0.326 e. The topological polar surface area (TPSA) is 92.7 Å². The van der Waals surface area contributed by atoms with Gasteiger partial charge in [-0.05, 0) is 25.8 Å². The molecular formula is C15H19NO5. The number of carbonyl (C=O) groups excluding carboxylic acids is 2. The van der Waals surface area contributed by atoms with Gasteiger partial charge in [-0.25, -0.2) is 4.79 Å². The van der Waals surface area contributed by atoms with Crippen LogP contribution in [0.4, 0.5) is 0 Å². The number of benzene rings is 1. The molecule has 1 aromatic carbocycles. The molecule has 1 rings (SSSR count). The van der Waals surface area contributed by atoms with Gasteiger partial charge in [-0.3, -0.25) is 9.59 Å². The Morgan fingerprint density at radius 3 is 2.48 bits per heavy atom. The van der Waals surface area contributed by atoms with E-state index in [1.165, 1.54) is 0 Å². The van der Waals surface area contributed by atoms with Crippen LogP contribution in [0.15, 0.2) is 30.3 Å². The van der Waals surface area contributed by atoms with E-state index < -0.39 is 23.6 Å². The summed E-state index contributed by atoms with van der Waals surface area (Å²) in [4.78, 5) is 33.0. The third-order valence-electron chi connectivity index (χ3n) is 3.04. The van der Waals surface area contributed by atoms with Gasteiger partial charge in [0.05, 0.1) is 0 Å². The summed E-state index contributed by atoms with van der Waals surface area (Å²) < 4.78 is 5.38. The predicted octanol–water partition coefficient (Wildman–Crippen LogP) is 1.44. The van der Waals surface area contributed by atoms with Gasteiger partial charge in [0.15, 0.2) is 0 Å². The highest BCUT2D eigenvalue weighted by molar-refractivity contribution is 5.77. The molecule has 1 aromatic rings. The highest BCUT2D eigenvalue weighted by Gasteiger charge is 2.26. The first-order valence-corrected chi connectivity index (χ1v) is 6.56. The molecule has 1 unspecified atom stereocenters. The summed E-state index contributed by atoms with van der Waals surface area (Å²) in [5.74, 6) is -1.69. The number of esters is 1. The van der Waals surface area contributed by atoms with Crippen molar-refractivity contribution in [2.45, 2.75) is 38.3 Å². The van der Waals surface area contributed by atoms with Gasteiger partial charge in [0.1, 0.15) is 11.6 Å². The maximum absolute atomic E-state index is 11.8. The van der Waals surface area contributed by atoms with Crippen LogP contribution in [0.1, 0.15) is 32.3 Å². The Bertz CT molecular complexity index is 498. The molecule has 0 saturated heterocycles. The zero-order valence-corrected chi connectivity index (χ0v) is 12.0. The van der Waals surface area contributed by atoms with E-state index in [0.717, 1.165) is 5.56 Å². The van der Waals surface area contributed by atoms with E-state index >= 15 is 0 Å². The predicted molar refractivity (Wildman–Crippen MR) is 75.4 cm³/mol. The summed E-state index contributed by atoms with van der Waals surface area (Å²) in [6.07, 6.45) is 0.198. The van der Waals surface area contributed by atoms with E-state index in [2.05, 4.69) is 5.32 Å². The Morgan fingerprint density at radius 2 is 1.95 bits per heavy atom. The molecule has 6 heteroatoms. The molecule has 0 bridgehead atoms. The zero-order chi connectivity index (χ0) is 15.9. The molecule has 21 heavy (non-hydrogen) atoms. The van der Waals surface area contributed by atoms with Gasteiger partial charge in [0.25, 0.3) is 0 Å². The van der Waals surface area contributed by atoms with Crippen molar-refractivity contribution < 1.29 is 24.2 Å². The second kappa shape index (κ2) is 7.42. The van der Waals surface area contributed by atoms with Gasteiger partial charge in [-0.15, -0.1) is 0 Å². The Kier molecular flexibility index (Phi) is 5.90. The summed E-state index contributed by atoms with van der Waals surface area (Å²) in [5.41, 5.74) is 0.0500. The first kappa shape index (κ1) is 16.7. The van der Waals surface area contributed by atoms with Crippen LogP contribution in [-0.4, -0.2) is 29.5 Å². The number of amides is 1. The number of aliphatic carboxylic acids is 1. The normalized spacial score (nSPS) is 12.3. The first-order chi connectivity index (χ1) is 9.86. The van der Waals surface area contributed by atoms with E-state index in [1.54, 1.807) is 13.8 Å². The van der Waals surface area contributed by atoms with Gasteiger partial charge in [0, 0.05) is 6.42 Å². The number of hydrogen-bond acceptors (Lipinski definition) is 4. The fourth-order valence-corrected chi connectivity index (χ4v) is 1.86. The average molecular weight is 293 g/mol. The van der Waals surface area contributed by atoms with Gasteiger partial charge in [0.2, 0.25) is 6.41 Å². The summed E-state index contributed by atoms with van der Waals surface area (Å²) >= 11 is 0. The fraction of sp³-hybridized carbons (Fsp3) is 0.400. The summed E-state index contributed by atoms with van der Waals surface area (Å²) in [6, 6.07) is 8.17. The van der Waals surface area contributed by atoms with E-state index in [4.69, 9.17) is 9.84 Å². The number of carboxylic acid groups (broad SMARTS) is 1. The van der Waals surface area contributed by atoms with Crippen molar-refractivity contribution in [3.63, 3.8) is 0 Å². The molecular weight excluding hydrogens is 274 g/mol. The second-order valence-electron chi connectivity index (χ2n) is 5.06. The van der Waals surface area contributed by atoms with Crippen LogP contribution in [0.5, 0.6) is 0 Å². The third kappa shape index (κ3) is 5.25. The molecule has 0 aliphatic carbocycles. The van der Waals surface area contributed by atoms with E-state index in [-0.39, 0.29) is 12.8 Å². The van der Waals surface area contributed by atoms with Crippen LogP contribution in [-0.2, 0) is 24.7 Å². The molecule has 6 nitrogen and oxygen atoms in total. The first-order valence-electron chi connectivity index (χ1n) is 6.56. The summed E-state index contributed by atoms with van der Waals surface area (Å²) in [7, 11) is 0. The number of rotatable bonds is 8. The molecule has 114 valence electrons. The number of nitrogens with one attached hydrogen (secondary N) is 1. The van der Waals surface area contributed by atoms with Crippen LogP contribution in [0.2, 0.25) is 0 Å². The van der Waals surface area contributed by atoms with Crippen LogP contribution >= 0.6 is 0 Å². The molecule has 0 aliphatic heterocycles. The monoisotopic (exact) mass is 293 g/mol. The van der Waals surface area contributed by atoms with Crippen molar-refractivity contribution in [2.75, 3.05) is 0 Å². The number of hydrogen-bond donors (Lipinski definition) is 2. The molecule has 1 atom stereocenters. The molecule has 1 amide bonds. The molecule has 0 radical (unpaired) electrons. The van der Waals surface area contributed by atoms with Gasteiger partial charge < -0.3 is 15.2 Å². The van der Waals surface area contributed by atoms with Crippen molar-refractivity contribution in [1.29, 1.82) is 0 Å². The Morgan fingerprint density at radius 1 is 1.33 bits per heavy atom. The van der Waals surface area contributed by atoms with Gasteiger partial charge >= 0.3 is 11.9 Å². The summed E-state index contributed by atoms with van der Waals surface area (Å²) in [6.45, 7) is 3.52. The highest BCUT2D eigenvalue weighted by atomic mass is 16.6. The standard InChI is InChI=1S/C15H19NO5/c1-15(2,11-6-4-3-5-7-11)21-13(18)9-8-12(14(19)20)16-10-17/h3-7,10,12H,8-9H2,1-2H3,(H,16,17)(H,19,20). The summed E-state index contributed by atoms with van der Waals surface area (Å²) in [5, 5.41) is 11.0. The number of carbonyl (C=O) groups is 3. The Balaban J connectivity index is 2.57. The minimum absolute atomic E-state index is 0.0161. The average Bonchev–Trinajstić information content (AvgIpc) is 2.43. The number of ether oxygens (including phenoxy) is 1. The Labute approximate surface area is 123 Å². The lowest BCUT2D eigenvalue weighted by Crippen LogP contribution is -2.36. The van der Waals surface area contributed by atoms with Crippen LogP contribution < -0.4 is 5.32 Å². The molecule has 0 spiro atoms. The molecule has 0 aromatic heterocycles. The number of carboxylic acids is 1. The molecule has 0 heterocycles. The second-order valence-corrected chi connectivity index (χ2v) is 5.06. The lowest BCUT2D eigenvalue weighted by atomic mass is 9.98. The quantitative estimate of drug-likeness (QED) is 0.559. The van der Waals surface area contributed by atoms with Crippen molar-refractivity contribution in [3.8, 4) is 0 Å². The van der Waals surface area contributed by atoms with Crippen LogP contribution in [0.25, 0.3) is 0 Å². The third-order valence-corrected chi connectivity index (χ3v) is 3.04. The maximum atomic E-state index is 11.8. The van der Waals surface area contributed by atoms with E-state index in [1.807, 2.05) is 30.3 Å². The maximum Gasteiger partial charge on any atom is 0.326 e. The zero-order valence-electron chi connectivity index (χ0n) is 12.0. The van der Waals surface area contributed by atoms with E-state index in [9.17, 15) is 14.4 Å². The fourth-order valence-electron chi connectivity index (χ4n) is 1.86. The van der Waals surface area contributed by atoms with Crippen LogP contribution in [0, 0.1) is 0 Å². The molecule has 0 aliphatic rings. The highest BCUT2D eigenvalue weighted by Crippen LogP contribution is 2.25. The van der Waals surface area contributed by atoms with Crippen molar-refractivity contribution >= 4 is 18.3 Å². The lowest BCUT2D eigenvalue weighted by Gasteiger charge is -2.26. The van der Waals surface area contributed by atoms with Crippen molar-refractivity contribution in [3.05, 3.63) is 35.9 Å². The molecule has 0 fully saturated rings. The van der Waals surface area contributed by atoms with Crippen LogP contribution in [0.3, 0.4) is 0 Å². The lowest BCUT2D eigenvalue weighted by molar-refractivity contribution is -0.158. The van der Waals surface area contributed by atoms with Gasteiger partial charge in [-0.2, -0.15) is 0 Å². The molecule has 2 N–H and O–H groups in total. The Hall–Kier alpha value is -2.37. The van der Waals surface area contributed by atoms with Crippen molar-refractivity contribution in [2.24, 2.45) is 0 Å². The minimum atomic E-state index is -1.18. The molecule has 0 saturated carbocycles. The van der Waals surface area contributed by atoms with E-state index in [0.29, 0.717) is 6.41 Å². The minimum Gasteiger partial charge on any atom is -0.480 e. The van der Waals surface area contributed by atoms with Crippen molar-refractivity contribution in [1.82, 2.24) is 5.32 Å². The van der Waals surface area contributed by atoms with Gasteiger partial charge in [-0.1, -0.05) is 30.3 Å².